The molecule has 7 nitrogen and oxygen atoms in total. The number of ketones is 1. The van der Waals surface area contributed by atoms with Crippen molar-refractivity contribution < 1.29 is 19.2 Å². The van der Waals surface area contributed by atoms with Crippen LogP contribution < -0.4 is 0 Å². The second-order valence-electron chi connectivity index (χ2n) is 6.51. The highest BCUT2D eigenvalue weighted by Gasteiger charge is 2.20. The van der Waals surface area contributed by atoms with Gasteiger partial charge < -0.3 is 9.30 Å². The molecule has 1 aromatic heterocycles. The van der Waals surface area contributed by atoms with Gasteiger partial charge in [-0.15, -0.1) is 0 Å². The molecular weight excluding hydrogens is 336 g/mol. The molecule has 0 unspecified atom stereocenters. The minimum Gasteiger partial charge on any atom is -0.454 e. The second-order valence-corrected chi connectivity index (χ2v) is 6.51. The Morgan fingerprint density at radius 2 is 1.85 bits per heavy atom. The lowest BCUT2D eigenvalue weighted by Gasteiger charge is -2.13. The van der Waals surface area contributed by atoms with E-state index in [9.17, 15) is 19.7 Å². The van der Waals surface area contributed by atoms with E-state index in [1.807, 2.05) is 32.3 Å². The first-order valence-electron chi connectivity index (χ1n) is 8.27. The van der Waals surface area contributed by atoms with Gasteiger partial charge in [0.25, 0.3) is 5.69 Å². The fourth-order valence-electron chi connectivity index (χ4n) is 3.05. The third-order valence-corrected chi connectivity index (χ3v) is 4.28. The minimum atomic E-state index is -0.583. The van der Waals surface area contributed by atoms with E-state index >= 15 is 0 Å². The fourth-order valence-corrected chi connectivity index (χ4v) is 3.05. The van der Waals surface area contributed by atoms with Crippen molar-refractivity contribution in [3.05, 3.63) is 62.5 Å². The molecule has 7 heteroatoms. The summed E-state index contributed by atoms with van der Waals surface area (Å²) < 4.78 is 7.15. The van der Waals surface area contributed by atoms with E-state index in [0.717, 1.165) is 11.4 Å². The third kappa shape index (κ3) is 3.82. The first kappa shape index (κ1) is 19.4. The summed E-state index contributed by atoms with van der Waals surface area (Å²) in [5.74, 6) is -1.07. The van der Waals surface area contributed by atoms with Crippen molar-refractivity contribution in [3.63, 3.8) is 0 Å². The molecule has 0 spiro atoms. The summed E-state index contributed by atoms with van der Waals surface area (Å²) >= 11 is 0. The zero-order valence-corrected chi connectivity index (χ0v) is 15.5. The molecule has 0 aliphatic carbocycles. The molecule has 0 fully saturated rings. The van der Waals surface area contributed by atoms with Crippen molar-refractivity contribution in [1.29, 1.82) is 0 Å². The van der Waals surface area contributed by atoms with Gasteiger partial charge in [0.2, 0.25) is 5.78 Å². The smallest absolute Gasteiger partial charge is 0.340 e. The van der Waals surface area contributed by atoms with Crippen LogP contribution in [0, 0.1) is 30.9 Å². The Labute approximate surface area is 151 Å². The number of carbonyl (C=O) groups excluding carboxylic acids is 2. The van der Waals surface area contributed by atoms with Crippen molar-refractivity contribution >= 4 is 17.4 Å². The van der Waals surface area contributed by atoms with Crippen LogP contribution in [0.2, 0.25) is 0 Å². The highest BCUT2D eigenvalue weighted by molar-refractivity contribution is 6.00. The number of carbonyl (C=O) groups is 2. The van der Waals surface area contributed by atoms with E-state index in [1.165, 1.54) is 18.2 Å². The van der Waals surface area contributed by atoms with Crippen molar-refractivity contribution in [1.82, 2.24) is 4.57 Å². The molecule has 0 aliphatic heterocycles. The molecule has 2 aromatic rings. The maximum absolute atomic E-state index is 12.3. The van der Waals surface area contributed by atoms with Crippen LogP contribution in [0.4, 0.5) is 5.69 Å². The Morgan fingerprint density at radius 3 is 2.38 bits per heavy atom. The summed E-state index contributed by atoms with van der Waals surface area (Å²) in [4.78, 5) is 35.0. The van der Waals surface area contributed by atoms with Crippen molar-refractivity contribution in [2.75, 3.05) is 6.61 Å². The van der Waals surface area contributed by atoms with Gasteiger partial charge in [0, 0.05) is 34.6 Å². The molecular formula is C19H22N2O5. The molecule has 1 aromatic carbocycles. The number of aromatic nitrogens is 1. The maximum atomic E-state index is 12.3. The number of hydrogen-bond acceptors (Lipinski definition) is 5. The van der Waals surface area contributed by atoms with Gasteiger partial charge in [0.05, 0.1) is 10.5 Å². The zero-order chi connectivity index (χ0) is 19.6. The topological polar surface area (TPSA) is 91.4 Å². The Kier molecular flexibility index (Phi) is 5.59. The van der Waals surface area contributed by atoms with Crippen LogP contribution in [0.25, 0.3) is 0 Å². The van der Waals surface area contributed by atoms with E-state index in [2.05, 4.69) is 0 Å². The normalized spacial score (nSPS) is 10.8. The summed E-state index contributed by atoms with van der Waals surface area (Å²) in [6.07, 6.45) is 0. The molecule has 0 saturated heterocycles. The summed E-state index contributed by atoms with van der Waals surface area (Å²) in [5.41, 5.74) is 2.60. The number of rotatable bonds is 6. The number of hydrogen-bond donors (Lipinski definition) is 0. The number of benzene rings is 1. The molecule has 1 heterocycles. The first-order chi connectivity index (χ1) is 12.1. The molecule has 0 radical (unpaired) electrons. The van der Waals surface area contributed by atoms with Crippen molar-refractivity contribution in [2.24, 2.45) is 0 Å². The van der Waals surface area contributed by atoms with Crippen molar-refractivity contribution in [2.45, 2.75) is 40.7 Å². The van der Waals surface area contributed by atoms with Gasteiger partial charge in [-0.3, -0.25) is 14.9 Å². The molecule has 26 heavy (non-hydrogen) atoms. The van der Waals surface area contributed by atoms with Crippen LogP contribution in [0.3, 0.4) is 0 Å². The Bertz CT molecular complexity index is 880. The van der Waals surface area contributed by atoms with Gasteiger partial charge in [-0.2, -0.15) is 0 Å². The number of nitro benzene ring substituents is 1. The first-order valence-corrected chi connectivity index (χ1v) is 8.27. The summed E-state index contributed by atoms with van der Waals surface area (Å²) in [7, 11) is 0. The quantitative estimate of drug-likeness (QED) is 0.337. The van der Waals surface area contributed by atoms with Gasteiger partial charge in [0.15, 0.2) is 6.61 Å². The van der Waals surface area contributed by atoms with Crippen LogP contribution in [0.1, 0.15) is 57.6 Å². The average Bonchev–Trinajstić information content (AvgIpc) is 2.87. The Balaban J connectivity index is 2.13. The molecule has 0 bridgehead atoms. The SMILES string of the molecule is Cc1ccc(C(=O)COC(=O)c2cc(C)n(C(C)C)c2C)cc1[N+](=O)[O-]. The van der Waals surface area contributed by atoms with E-state index in [0.29, 0.717) is 11.1 Å². The fraction of sp³-hybridized carbons (Fsp3) is 0.368. The average molecular weight is 358 g/mol. The number of esters is 1. The number of nitro groups is 1. The van der Waals surface area contributed by atoms with Crippen LogP contribution >= 0.6 is 0 Å². The van der Waals surface area contributed by atoms with Gasteiger partial charge in [0.1, 0.15) is 0 Å². The molecule has 138 valence electrons. The van der Waals surface area contributed by atoms with E-state index in [4.69, 9.17) is 4.74 Å². The largest absolute Gasteiger partial charge is 0.454 e. The summed E-state index contributed by atoms with van der Waals surface area (Å²) in [5, 5.41) is 11.0. The molecule has 0 N–H and O–H groups in total. The standard InChI is InChI=1S/C19H22N2O5/c1-11(2)20-13(4)8-16(14(20)5)19(23)26-10-18(22)15-7-6-12(3)17(9-15)21(24)25/h6-9,11H,10H2,1-5H3. The Morgan fingerprint density at radius 1 is 1.19 bits per heavy atom. The molecule has 0 amide bonds. The molecule has 0 saturated carbocycles. The zero-order valence-electron chi connectivity index (χ0n) is 15.5. The predicted molar refractivity (Wildman–Crippen MR) is 96.7 cm³/mol. The monoisotopic (exact) mass is 358 g/mol. The Hall–Kier alpha value is -2.96. The second kappa shape index (κ2) is 7.51. The minimum absolute atomic E-state index is 0.136. The highest BCUT2D eigenvalue weighted by Crippen LogP contribution is 2.22. The maximum Gasteiger partial charge on any atom is 0.340 e. The van der Waals surface area contributed by atoms with Crippen LogP contribution in [0.5, 0.6) is 0 Å². The lowest BCUT2D eigenvalue weighted by atomic mass is 10.1. The van der Waals surface area contributed by atoms with Crippen molar-refractivity contribution in [3.8, 4) is 0 Å². The van der Waals surface area contributed by atoms with E-state index in [-0.39, 0.29) is 17.3 Å². The van der Waals surface area contributed by atoms with Crippen LogP contribution in [0.15, 0.2) is 24.3 Å². The number of ether oxygens (including phenoxy) is 1. The lowest BCUT2D eigenvalue weighted by Crippen LogP contribution is -2.15. The van der Waals surface area contributed by atoms with Gasteiger partial charge in [-0.25, -0.2) is 4.79 Å². The molecule has 2 rings (SSSR count). The van der Waals surface area contributed by atoms with Gasteiger partial charge in [-0.05, 0) is 40.7 Å². The predicted octanol–water partition coefficient (Wildman–Crippen LogP) is 3.94. The summed E-state index contributed by atoms with van der Waals surface area (Å²) in [6.45, 7) is 8.89. The van der Waals surface area contributed by atoms with E-state index < -0.39 is 23.3 Å². The highest BCUT2D eigenvalue weighted by atomic mass is 16.6. The van der Waals surface area contributed by atoms with Gasteiger partial charge in [-0.1, -0.05) is 12.1 Å². The van der Waals surface area contributed by atoms with Gasteiger partial charge >= 0.3 is 5.97 Å². The number of nitrogens with zero attached hydrogens (tertiary/aromatic N) is 2. The number of Topliss-reactive ketones (excluding diaryl/α,β-unsaturated/α-hetero) is 1. The number of aryl methyl sites for hydroxylation is 2. The third-order valence-electron chi connectivity index (χ3n) is 4.28. The van der Waals surface area contributed by atoms with Crippen LogP contribution in [-0.2, 0) is 4.74 Å². The van der Waals surface area contributed by atoms with Crippen LogP contribution in [-0.4, -0.2) is 27.8 Å². The molecule has 0 atom stereocenters. The lowest BCUT2D eigenvalue weighted by molar-refractivity contribution is -0.385. The van der Waals surface area contributed by atoms with E-state index in [1.54, 1.807) is 13.0 Å². The molecule has 0 aliphatic rings. The summed E-state index contributed by atoms with van der Waals surface area (Å²) in [6, 6.07) is 6.13.